The van der Waals surface area contributed by atoms with Crippen LogP contribution in [-0.2, 0) is 16.0 Å². The molecule has 0 spiro atoms. The molecule has 0 saturated heterocycles. The fourth-order valence-electron chi connectivity index (χ4n) is 3.11. The number of esters is 1. The largest absolute Gasteiger partial charge is 0.493 e. The lowest BCUT2D eigenvalue weighted by Crippen LogP contribution is -2.21. The van der Waals surface area contributed by atoms with Crippen molar-refractivity contribution >= 4 is 5.97 Å². The lowest BCUT2D eigenvalue weighted by Gasteiger charge is -2.15. The average Bonchev–Trinajstić information content (AvgIpc) is 2.87. The quantitative estimate of drug-likeness (QED) is 0.728. The number of hydrogen-bond donors (Lipinski definition) is 1. The molecule has 1 N–H and O–H groups in total. The molecule has 1 aromatic rings. The van der Waals surface area contributed by atoms with Gasteiger partial charge in [0.15, 0.2) is 11.5 Å². The van der Waals surface area contributed by atoms with Crippen molar-refractivity contribution in [3.8, 4) is 11.5 Å². The van der Waals surface area contributed by atoms with Gasteiger partial charge in [-0.25, -0.2) is 4.79 Å². The molecule has 0 atom stereocenters. The first-order valence-corrected chi connectivity index (χ1v) is 9.03. The van der Waals surface area contributed by atoms with E-state index in [1.807, 2.05) is 25.1 Å². The Hall–Kier alpha value is -2.17. The molecule has 0 radical (unpaired) electrons. The van der Waals surface area contributed by atoms with Crippen LogP contribution in [0.5, 0.6) is 11.5 Å². The van der Waals surface area contributed by atoms with E-state index in [-0.39, 0.29) is 5.97 Å². The van der Waals surface area contributed by atoms with Gasteiger partial charge in [-0.2, -0.15) is 0 Å². The summed E-state index contributed by atoms with van der Waals surface area (Å²) in [6, 6.07) is 5.95. The topological polar surface area (TPSA) is 56.8 Å². The van der Waals surface area contributed by atoms with Crippen molar-refractivity contribution in [3.63, 3.8) is 0 Å². The third-order valence-corrected chi connectivity index (χ3v) is 4.44. The van der Waals surface area contributed by atoms with Crippen LogP contribution in [0.3, 0.4) is 0 Å². The minimum Gasteiger partial charge on any atom is -0.493 e. The van der Waals surface area contributed by atoms with Crippen molar-refractivity contribution < 1.29 is 19.0 Å². The van der Waals surface area contributed by atoms with E-state index in [2.05, 4.69) is 5.32 Å². The van der Waals surface area contributed by atoms with Crippen molar-refractivity contribution in [2.45, 2.75) is 45.4 Å². The number of nitrogens with one attached hydrogen (secondary N) is 1. The summed E-state index contributed by atoms with van der Waals surface area (Å²) in [6.45, 7) is 3.04. The molecule has 0 saturated carbocycles. The third kappa shape index (κ3) is 5.41. The van der Waals surface area contributed by atoms with Crippen LogP contribution in [0.25, 0.3) is 0 Å². The zero-order valence-corrected chi connectivity index (χ0v) is 15.5. The molecule has 0 aromatic heterocycles. The summed E-state index contributed by atoms with van der Waals surface area (Å²) in [5, 5.41) is 3.47. The molecule has 138 valence electrons. The summed E-state index contributed by atoms with van der Waals surface area (Å²) in [7, 11) is 3.27. The summed E-state index contributed by atoms with van der Waals surface area (Å²) in [4.78, 5) is 12.2. The Morgan fingerprint density at radius 3 is 2.56 bits per heavy atom. The van der Waals surface area contributed by atoms with Crippen molar-refractivity contribution in [1.29, 1.82) is 0 Å². The zero-order valence-electron chi connectivity index (χ0n) is 15.5. The van der Waals surface area contributed by atoms with E-state index in [9.17, 15) is 4.79 Å². The summed E-state index contributed by atoms with van der Waals surface area (Å²) >= 11 is 0. The Morgan fingerprint density at radius 2 is 1.84 bits per heavy atom. The average molecular weight is 347 g/mol. The summed E-state index contributed by atoms with van der Waals surface area (Å²) < 4.78 is 15.8. The Labute approximate surface area is 150 Å². The maximum Gasteiger partial charge on any atom is 0.335 e. The first-order valence-electron chi connectivity index (χ1n) is 9.03. The fourth-order valence-corrected chi connectivity index (χ4v) is 3.11. The molecule has 5 nitrogen and oxygen atoms in total. The number of benzene rings is 1. The molecule has 1 aliphatic carbocycles. The van der Waals surface area contributed by atoms with E-state index in [0.29, 0.717) is 6.61 Å². The fraction of sp³-hybridized carbons (Fsp3) is 0.550. The van der Waals surface area contributed by atoms with Crippen molar-refractivity contribution in [3.05, 3.63) is 35.0 Å². The second kappa shape index (κ2) is 9.97. The van der Waals surface area contributed by atoms with Crippen LogP contribution in [0.4, 0.5) is 0 Å². The molecule has 2 rings (SSSR count). The highest BCUT2D eigenvalue weighted by Crippen LogP contribution is 2.28. The van der Waals surface area contributed by atoms with Crippen molar-refractivity contribution in [1.82, 2.24) is 5.32 Å². The van der Waals surface area contributed by atoms with Gasteiger partial charge < -0.3 is 19.5 Å². The minimum atomic E-state index is -0.169. The summed E-state index contributed by atoms with van der Waals surface area (Å²) in [5.74, 6) is 1.30. The summed E-state index contributed by atoms with van der Waals surface area (Å²) in [6.07, 6.45) is 5.89. The van der Waals surface area contributed by atoms with E-state index in [0.717, 1.165) is 73.4 Å². The molecule has 5 heteroatoms. The van der Waals surface area contributed by atoms with Crippen LogP contribution < -0.4 is 14.8 Å². The summed E-state index contributed by atoms with van der Waals surface area (Å²) in [5.41, 5.74) is 3.04. The van der Waals surface area contributed by atoms with Gasteiger partial charge in [0, 0.05) is 12.2 Å². The Morgan fingerprint density at radius 1 is 1.08 bits per heavy atom. The number of hydrogen-bond acceptors (Lipinski definition) is 5. The maximum atomic E-state index is 12.2. The smallest absolute Gasteiger partial charge is 0.335 e. The number of ether oxygens (including phenoxy) is 3. The Balaban J connectivity index is 2.01. The normalized spacial score (nSPS) is 14.7. The zero-order chi connectivity index (χ0) is 18.1. The van der Waals surface area contributed by atoms with Gasteiger partial charge in [0.05, 0.1) is 26.4 Å². The maximum absolute atomic E-state index is 12.2. The van der Waals surface area contributed by atoms with Crippen LogP contribution in [0.2, 0.25) is 0 Å². The van der Waals surface area contributed by atoms with Crippen LogP contribution >= 0.6 is 0 Å². The highest BCUT2D eigenvalue weighted by molar-refractivity contribution is 5.89. The molecule has 0 unspecified atom stereocenters. The second-order valence-corrected chi connectivity index (χ2v) is 6.10. The van der Waals surface area contributed by atoms with E-state index >= 15 is 0 Å². The molecule has 0 heterocycles. The van der Waals surface area contributed by atoms with Gasteiger partial charge in [0.25, 0.3) is 0 Å². The Kier molecular flexibility index (Phi) is 7.64. The molecule has 0 fully saturated rings. The second-order valence-electron chi connectivity index (χ2n) is 6.10. The molecule has 0 aliphatic heterocycles. The molecular formula is C20H29NO4. The lowest BCUT2D eigenvalue weighted by molar-refractivity contribution is -0.138. The number of carbonyl (C=O) groups is 1. The predicted molar refractivity (Wildman–Crippen MR) is 98.0 cm³/mol. The SMILES string of the molecule is CCOC(=O)C1=C(NCCc2ccc(OC)c(OC)c2)CCCCC1. The van der Waals surface area contributed by atoms with Crippen molar-refractivity contribution in [2.75, 3.05) is 27.4 Å². The van der Waals surface area contributed by atoms with Gasteiger partial charge in [-0.15, -0.1) is 0 Å². The van der Waals surface area contributed by atoms with Gasteiger partial charge in [0.2, 0.25) is 0 Å². The molecule has 25 heavy (non-hydrogen) atoms. The minimum absolute atomic E-state index is 0.169. The molecule has 0 amide bonds. The van der Waals surface area contributed by atoms with Gasteiger partial charge in [-0.3, -0.25) is 0 Å². The number of allylic oxidation sites excluding steroid dienone is 1. The van der Waals surface area contributed by atoms with Crippen molar-refractivity contribution in [2.24, 2.45) is 0 Å². The highest BCUT2D eigenvalue weighted by atomic mass is 16.5. The van der Waals surface area contributed by atoms with Gasteiger partial charge in [-0.05, 0) is 56.7 Å². The molecule has 0 bridgehead atoms. The van der Waals surface area contributed by atoms with Crippen LogP contribution in [-0.4, -0.2) is 33.3 Å². The van der Waals surface area contributed by atoms with Crippen LogP contribution in [0, 0.1) is 0 Å². The third-order valence-electron chi connectivity index (χ3n) is 4.44. The predicted octanol–water partition coefficient (Wildman–Crippen LogP) is 3.62. The standard InChI is InChI=1S/C20H29NO4/c1-4-25-20(22)16-8-6-5-7-9-17(16)21-13-12-15-10-11-18(23-2)19(14-15)24-3/h10-11,14,21H,4-9,12-13H2,1-3H3. The molecular weight excluding hydrogens is 318 g/mol. The molecule has 1 aromatic carbocycles. The number of methoxy groups -OCH3 is 2. The van der Waals surface area contributed by atoms with E-state index < -0.39 is 0 Å². The van der Waals surface area contributed by atoms with E-state index in [1.165, 1.54) is 0 Å². The first kappa shape index (κ1) is 19.2. The highest BCUT2D eigenvalue weighted by Gasteiger charge is 2.18. The lowest BCUT2D eigenvalue weighted by atomic mass is 10.1. The monoisotopic (exact) mass is 347 g/mol. The van der Waals surface area contributed by atoms with E-state index in [1.54, 1.807) is 14.2 Å². The molecule has 1 aliphatic rings. The number of carbonyl (C=O) groups excluding carboxylic acids is 1. The van der Waals surface area contributed by atoms with E-state index in [4.69, 9.17) is 14.2 Å². The van der Waals surface area contributed by atoms with Crippen LogP contribution in [0.1, 0.15) is 44.6 Å². The van der Waals surface area contributed by atoms with Gasteiger partial charge in [-0.1, -0.05) is 12.5 Å². The van der Waals surface area contributed by atoms with Crippen LogP contribution in [0.15, 0.2) is 29.5 Å². The first-order chi connectivity index (χ1) is 12.2. The Bertz CT molecular complexity index is 610. The number of rotatable bonds is 8. The van der Waals surface area contributed by atoms with Gasteiger partial charge in [0.1, 0.15) is 0 Å². The van der Waals surface area contributed by atoms with Gasteiger partial charge >= 0.3 is 5.97 Å².